The van der Waals surface area contributed by atoms with Gasteiger partial charge in [0.1, 0.15) is 5.75 Å². The number of hydrogen-bond donors (Lipinski definition) is 1. The molecule has 1 heterocycles. The van der Waals surface area contributed by atoms with Crippen LogP contribution in [0.5, 0.6) is 5.75 Å². The minimum atomic E-state index is 0.298. The molecule has 2 rings (SSSR count). The van der Waals surface area contributed by atoms with E-state index in [1.54, 1.807) is 7.11 Å². The lowest BCUT2D eigenvalue weighted by Crippen LogP contribution is -2.47. The molecule has 1 aromatic carbocycles. The summed E-state index contributed by atoms with van der Waals surface area (Å²) in [6.45, 7) is 3.14. The maximum absolute atomic E-state index is 8.96. The Hall–Kier alpha value is -0.580. The summed E-state index contributed by atoms with van der Waals surface area (Å²) in [6.07, 6.45) is 0. The highest BCUT2D eigenvalue weighted by molar-refractivity contribution is 9.10. The van der Waals surface area contributed by atoms with Crippen LogP contribution in [0.3, 0.4) is 0 Å². The number of likely N-dealkylation sites (tertiary alicyclic amines) is 1. The Labute approximate surface area is 104 Å². The predicted molar refractivity (Wildman–Crippen MR) is 66.5 cm³/mol. The van der Waals surface area contributed by atoms with Crippen molar-refractivity contribution in [1.82, 2.24) is 4.90 Å². The topological polar surface area (TPSA) is 32.7 Å². The lowest BCUT2D eigenvalue weighted by Gasteiger charge is -2.38. The second-order valence-electron chi connectivity index (χ2n) is 4.20. The molecule has 3 nitrogen and oxygen atoms in total. The first-order chi connectivity index (χ1) is 7.72. The molecule has 0 radical (unpaired) electrons. The summed E-state index contributed by atoms with van der Waals surface area (Å²) in [5.74, 6) is 1.38. The SMILES string of the molecule is COc1ccc(Br)cc1CN1CC(CO)C1. The van der Waals surface area contributed by atoms with E-state index in [2.05, 4.69) is 26.9 Å². The Morgan fingerprint density at radius 2 is 2.25 bits per heavy atom. The van der Waals surface area contributed by atoms with Gasteiger partial charge < -0.3 is 9.84 Å². The Morgan fingerprint density at radius 3 is 2.88 bits per heavy atom. The molecule has 0 saturated carbocycles. The average molecular weight is 286 g/mol. The number of methoxy groups -OCH3 is 1. The monoisotopic (exact) mass is 285 g/mol. The molecule has 1 aliphatic heterocycles. The first-order valence-corrected chi connectivity index (χ1v) is 6.18. The number of halogens is 1. The highest BCUT2D eigenvalue weighted by Crippen LogP contribution is 2.26. The zero-order chi connectivity index (χ0) is 11.5. The Kier molecular flexibility index (Phi) is 3.84. The number of aliphatic hydroxyl groups is 1. The fourth-order valence-electron chi connectivity index (χ4n) is 2.03. The quantitative estimate of drug-likeness (QED) is 0.917. The first kappa shape index (κ1) is 11.9. The van der Waals surface area contributed by atoms with Crippen molar-refractivity contribution >= 4 is 15.9 Å². The van der Waals surface area contributed by atoms with Crippen LogP contribution in [-0.4, -0.2) is 36.8 Å². The number of rotatable bonds is 4. The molecule has 16 heavy (non-hydrogen) atoms. The number of nitrogens with zero attached hydrogens (tertiary/aromatic N) is 1. The smallest absolute Gasteiger partial charge is 0.123 e. The van der Waals surface area contributed by atoms with Crippen molar-refractivity contribution in [2.24, 2.45) is 5.92 Å². The van der Waals surface area contributed by atoms with Gasteiger partial charge in [0.05, 0.1) is 7.11 Å². The van der Waals surface area contributed by atoms with Gasteiger partial charge in [-0.3, -0.25) is 4.90 Å². The van der Waals surface area contributed by atoms with Crippen molar-refractivity contribution in [3.8, 4) is 5.75 Å². The molecule has 0 aliphatic carbocycles. The van der Waals surface area contributed by atoms with E-state index in [1.807, 2.05) is 12.1 Å². The largest absolute Gasteiger partial charge is 0.496 e. The number of ether oxygens (including phenoxy) is 1. The third-order valence-corrected chi connectivity index (χ3v) is 3.42. The molecule has 0 bridgehead atoms. The van der Waals surface area contributed by atoms with E-state index in [0.29, 0.717) is 12.5 Å². The zero-order valence-electron chi connectivity index (χ0n) is 9.32. The lowest BCUT2D eigenvalue weighted by atomic mass is 10.0. The molecule has 1 aromatic rings. The maximum atomic E-state index is 8.96. The van der Waals surface area contributed by atoms with Crippen LogP contribution >= 0.6 is 15.9 Å². The van der Waals surface area contributed by atoms with Gasteiger partial charge in [0.25, 0.3) is 0 Å². The van der Waals surface area contributed by atoms with Crippen molar-refractivity contribution in [3.63, 3.8) is 0 Å². The van der Waals surface area contributed by atoms with Crippen molar-refractivity contribution in [2.75, 3.05) is 26.8 Å². The van der Waals surface area contributed by atoms with Gasteiger partial charge in [-0.05, 0) is 18.2 Å². The van der Waals surface area contributed by atoms with Crippen molar-refractivity contribution in [3.05, 3.63) is 28.2 Å². The van der Waals surface area contributed by atoms with E-state index < -0.39 is 0 Å². The van der Waals surface area contributed by atoms with Crippen LogP contribution in [0.2, 0.25) is 0 Å². The standard InChI is InChI=1S/C12H16BrNO2/c1-16-12-3-2-11(13)4-10(12)7-14-5-9(6-14)8-15/h2-4,9,15H,5-8H2,1H3. The van der Waals surface area contributed by atoms with E-state index in [9.17, 15) is 0 Å². The van der Waals surface area contributed by atoms with Crippen LogP contribution in [0.1, 0.15) is 5.56 Å². The molecule has 0 aromatic heterocycles. The molecule has 1 aliphatic rings. The number of hydrogen-bond acceptors (Lipinski definition) is 3. The summed E-state index contributed by atoms with van der Waals surface area (Å²) in [7, 11) is 1.69. The molecule has 1 N–H and O–H groups in total. The van der Waals surface area contributed by atoms with Crippen LogP contribution in [-0.2, 0) is 6.54 Å². The van der Waals surface area contributed by atoms with Crippen molar-refractivity contribution < 1.29 is 9.84 Å². The van der Waals surface area contributed by atoms with E-state index >= 15 is 0 Å². The average Bonchev–Trinajstić information content (AvgIpc) is 2.23. The van der Waals surface area contributed by atoms with Gasteiger partial charge in [-0.1, -0.05) is 15.9 Å². The summed E-state index contributed by atoms with van der Waals surface area (Å²) < 4.78 is 6.40. The minimum absolute atomic E-state index is 0.298. The molecule has 0 atom stereocenters. The summed E-state index contributed by atoms with van der Waals surface area (Å²) in [5.41, 5.74) is 1.19. The lowest BCUT2D eigenvalue weighted by molar-refractivity contribution is 0.0474. The number of benzene rings is 1. The van der Waals surface area contributed by atoms with Gasteiger partial charge >= 0.3 is 0 Å². The Morgan fingerprint density at radius 1 is 1.50 bits per heavy atom. The second kappa shape index (κ2) is 5.17. The second-order valence-corrected chi connectivity index (χ2v) is 5.11. The summed E-state index contributed by atoms with van der Waals surface area (Å²) in [6, 6.07) is 6.04. The summed E-state index contributed by atoms with van der Waals surface area (Å²) >= 11 is 3.47. The van der Waals surface area contributed by atoms with Gasteiger partial charge in [0, 0.05) is 42.2 Å². The molecule has 0 spiro atoms. The summed E-state index contributed by atoms with van der Waals surface area (Å²) in [5, 5.41) is 8.96. The third kappa shape index (κ3) is 2.56. The van der Waals surface area contributed by atoms with Crippen molar-refractivity contribution in [2.45, 2.75) is 6.54 Å². The van der Waals surface area contributed by atoms with Gasteiger partial charge in [0.2, 0.25) is 0 Å². The Bertz CT molecular complexity index is 364. The predicted octanol–water partition coefficient (Wildman–Crippen LogP) is 1.88. The Balaban J connectivity index is 2.01. The van der Waals surface area contributed by atoms with Crippen LogP contribution in [0, 0.1) is 5.92 Å². The highest BCUT2D eigenvalue weighted by atomic mass is 79.9. The fraction of sp³-hybridized carbons (Fsp3) is 0.500. The van der Waals surface area contributed by atoms with Gasteiger partial charge in [-0.2, -0.15) is 0 Å². The van der Waals surface area contributed by atoms with Crippen LogP contribution in [0.15, 0.2) is 22.7 Å². The highest BCUT2D eigenvalue weighted by Gasteiger charge is 2.26. The molecule has 0 unspecified atom stereocenters. The molecule has 1 fully saturated rings. The van der Waals surface area contributed by atoms with Crippen LogP contribution < -0.4 is 4.74 Å². The molecule has 1 saturated heterocycles. The van der Waals surface area contributed by atoms with E-state index in [0.717, 1.165) is 29.9 Å². The van der Waals surface area contributed by atoms with Gasteiger partial charge in [-0.25, -0.2) is 0 Å². The fourth-order valence-corrected chi connectivity index (χ4v) is 2.44. The van der Waals surface area contributed by atoms with Gasteiger partial charge in [0.15, 0.2) is 0 Å². The van der Waals surface area contributed by atoms with Crippen molar-refractivity contribution in [1.29, 1.82) is 0 Å². The first-order valence-electron chi connectivity index (χ1n) is 5.38. The van der Waals surface area contributed by atoms with E-state index in [4.69, 9.17) is 9.84 Å². The normalized spacial score (nSPS) is 17.2. The molecular formula is C12H16BrNO2. The van der Waals surface area contributed by atoms with E-state index in [-0.39, 0.29) is 0 Å². The van der Waals surface area contributed by atoms with Gasteiger partial charge in [-0.15, -0.1) is 0 Å². The minimum Gasteiger partial charge on any atom is -0.496 e. The van der Waals surface area contributed by atoms with Crippen LogP contribution in [0.4, 0.5) is 0 Å². The molecule has 4 heteroatoms. The third-order valence-electron chi connectivity index (χ3n) is 2.93. The summed E-state index contributed by atoms with van der Waals surface area (Å²) in [4.78, 5) is 2.31. The maximum Gasteiger partial charge on any atom is 0.123 e. The number of aliphatic hydroxyl groups excluding tert-OH is 1. The van der Waals surface area contributed by atoms with E-state index in [1.165, 1.54) is 5.56 Å². The molecule has 88 valence electrons. The molecule has 0 amide bonds. The van der Waals surface area contributed by atoms with Crippen LogP contribution in [0.25, 0.3) is 0 Å². The molecular weight excluding hydrogens is 270 g/mol. The zero-order valence-corrected chi connectivity index (χ0v) is 10.9.